The third kappa shape index (κ3) is 3.55. The van der Waals surface area contributed by atoms with Crippen molar-refractivity contribution in [2.45, 2.75) is 25.9 Å². The van der Waals surface area contributed by atoms with Crippen LogP contribution in [0.4, 0.5) is 4.39 Å². The Balaban J connectivity index is 2.77. The number of nitrogens with one attached hydrogen (secondary N) is 1. The molecule has 0 unspecified atom stereocenters. The van der Waals surface area contributed by atoms with Crippen molar-refractivity contribution in [3.05, 3.63) is 34.1 Å². The zero-order chi connectivity index (χ0) is 11.4. The topological polar surface area (TPSA) is 32.3 Å². The highest BCUT2D eigenvalue weighted by Gasteiger charge is 2.12. The Morgan fingerprint density at radius 2 is 2.13 bits per heavy atom. The minimum Gasteiger partial charge on any atom is -0.395 e. The molecule has 1 aromatic carbocycles. The Labute approximate surface area is 97.6 Å². The lowest BCUT2D eigenvalue weighted by Gasteiger charge is -2.19. The van der Waals surface area contributed by atoms with Gasteiger partial charge >= 0.3 is 0 Å². The fraction of sp³-hybridized carbons (Fsp3) is 0.455. The first-order chi connectivity index (χ1) is 7.04. The van der Waals surface area contributed by atoms with Crippen LogP contribution >= 0.6 is 15.9 Å². The fourth-order valence-corrected chi connectivity index (χ4v) is 1.76. The summed E-state index contributed by atoms with van der Waals surface area (Å²) in [6, 6.07) is 4.83. The second-order valence-electron chi connectivity index (χ2n) is 3.64. The predicted octanol–water partition coefficient (Wildman–Crippen LogP) is 2.62. The van der Waals surface area contributed by atoms with E-state index in [9.17, 15) is 4.39 Å². The highest BCUT2D eigenvalue weighted by atomic mass is 79.9. The molecule has 15 heavy (non-hydrogen) atoms. The van der Waals surface area contributed by atoms with Gasteiger partial charge in [-0.15, -0.1) is 0 Å². The van der Waals surface area contributed by atoms with Gasteiger partial charge in [0.2, 0.25) is 0 Å². The Kier molecular flexibility index (Phi) is 4.70. The average molecular weight is 276 g/mol. The van der Waals surface area contributed by atoms with E-state index >= 15 is 0 Å². The molecular formula is C11H15BrFNO. The Hall–Kier alpha value is -0.450. The van der Waals surface area contributed by atoms with Gasteiger partial charge in [0.15, 0.2) is 0 Å². The van der Waals surface area contributed by atoms with Crippen molar-refractivity contribution in [3.63, 3.8) is 0 Å². The summed E-state index contributed by atoms with van der Waals surface area (Å²) >= 11 is 3.21. The van der Waals surface area contributed by atoms with Gasteiger partial charge in [0.1, 0.15) is 5.82 Å². The summed E-state index contributed by atoms with van der Waals surface area (Å²) < 4.78 is 14.3. The van der Waals surface area contributed by atoms with Gasteiger partial charge in [-0.25, -0.2) is 4.39 Å². The maximum Gasteiger partial charge on any atom is 0.129 e. The molecule has 1 rings (SSSR count). The molecular weight excluding hydrogens is 261 g/mol. The van der Waals surface area contributed by atoms with Crippen LogP contribution in [0.2, 0.25) is 0 Å². The number of hydrogen-bond acceptors (Lipinski definition) is 2. The number of halogens is 2. The van der Waals surface area contributed by atoms with Crippen LogP contribution in [0.3, 0.4) is 0 Å². The molecule has 2 N–H and O–H groups in total. The van der Waals surface area contributed by atoms with Crippen LogP contribution in [0.5, 0.6) is 0 Å². The van der Waals surface area contributed by atoms with Gasteiger partial charge < -0.3 is 10.4 Å². The van der Waals surface area contributed by atoms with E-state index in [1.807, 2.05) is 13.8 Å². The molecule has 0 aliphatic rings. The lowest BCUT2D eigenvalue weighted by atomic mass is 10.1. The normalized spacial score (nSPS) is 15.0. The van der Waals surface area contributed by atoms with Crippen molar-refractivity contribution in [2.24, 2.45) is 0 Å². The number of benzene rings is 1. The number of hydrogen-bond donors (Lipinski definition) is 2. The molecule has 2 atom stereocenters. The van der Waals surface area contributed by atoms with Gasteiger partial charge in [0, 0.05) is 22.1 Å². The first-order valence-corrected chi connectivity index (χ1v) is 5.65. The molecule has 0 fully saturated rings. The van der Waals surface area contributed by atoms with E-state index in [1.165, 1.54) is 6.07 Å². The van der Waals surface area contributed by atoms with Gasteiger partial charge in [-0.1, -0.05) is 22.0 Å². The maximum atomic E-state index is 13.5. The van der Waals surface area contributed by atoms with Crippen molar-refractivity contribution < 1.29 is 9.50 Å². The van der Waals surface area contributed by atoms with Gasteiger partial charge in [-0.2, -0.15) is 0 Å². The Bertz CT molecular complexity index is 332. The van der Waals surface area contributed by atoms with E-state index in [0.717, 1.165) is 4.47 Å². The average Bonchev–Trinajstić information content (AvgIpc) is 2.17. The zero-order valence-electron chi connectivity index (χ0n) is 8.80. The summed E-state index contributed by atoms with van der Waals surface area (Å²) in [5, 5.41) is 12.0. The Morgan fingerprint density at radius 3 is 2.67 bits per heavy atom. The maximum absolute atomic E-state index is 13.5. The van der Waals surface area contributed by atoms with E-state index in [4.69, 9.17) is 5.11 Å². The SMILES string of the molecule is C[C@@H](CO)N[C@H](C)c1ccc(Br)cc1F. The summed E-state index contributed by atoms with van der Waals surface area (Å²) in [7, 11) is 0. The summed E-state index contributed by atoms with van der Waals surface area (Å²) in [6.45, 7) is 3.77. The van der Waals surface area contributed by atoms with E-state index in [2.05, 4.69) is 21.2 Å². The zero-order valence-corrected chi connectivity index (χ0v) is 10.4. The Morgan fingerprint density at radius 1 is 1.47 bits per heavy atom. The second kappa shape index (κ2) is 5.58. The van der Waals surface area contributed by atoms with Crippen LogP contribution in [0, 0.1) is 5.82 Å². The van der Waals surface area contributed by atoms with Crippen molar-refractivity contribution in [2.75, 3.05) is 6.61 Å². The summed E-state index contributed by atoms with van der Waals surface area (Å²) in [5.41, 5.74) is 0.610. The van der Waals surface area contributed by atoms with Gasteiger partial charge in [0.05, 0.1) is 6.61 Å². The molecule has 1 aromatic rings. The summed E-state index contributed by atoms with van der Waals surface area (Å²) in [6.07, 6.45) is 0. The molecule has 0 saturated heterocycles. The van der Waals surface area contributed by atoms with E-state index < -0.39 is 0 Å². The predicted molar refractivity (Wildman–Crippen MR) is 62.2 cm³/mol. The molecule has 0 spiro atoms. The summed E-state index contributed by atoms with van der Waals surface area (Å²) in [5.74, 6) is -0.241. The molecule has 0 saturated carbocycles. The number of rotatable bonds is 4. The quantitative estimate of drug-likeness (QED) is 0.886. The van der Waals surface area contributed by atoms with Crippen LogP contribution in [0.1, 0.15) is 25.5 Å². The smallest absolute Gasteiger partial charge is 0.129 e. The molecule has 4 heteroatoms. The van der Waals surface area contributed by atoms with Crippen molar-refractivity contribution in [3.8, 4) is 0 Å². The first kappa shape index (κ1) is 12.6. The van der Waals surface area contributed by atoms with Gasteiger partial charge in [-0.3, -0.25) is 0 Å². The van der Waals surface area contributed by atoms with Gasteiger partial charge in [0.25, 0.3) is 0 Å². The van der Waals surface area contributed by atoms with Crippen LogP contribution in [0.15, 0.2) is 22.7 Å². The van der Waals surface area contributed by atoms with Crippen molar-refractivity contribution >= 4 is 15.9 Å². The third-order valence-electron chi connectivity index (χ3n) is 2.24. The van der Waals surface area contributed by atoms with Gasteiger partial charge in [-0.05, 0) is 26.0 Å². The largest absolute Gasteiger partial charge is 0.395 e. The molecule has 0 bridgehead atoms. The van der Waals surface area contributed by atoms with E-state index in [1.54, 1.807) is 12.1 Å². The summed E-state index contributed by atoms with van der Waals surface area (Å²) in [4.78, 5) is 0. The molecule has 0 aliphatic heterocycles. The lowest BCUT2D eigenvalue weighted by Crippen LogP contribution is -2.32. The van der Waals surface area contributed by atoms with Crippen LogP contribution in [-0.4, -0.2) is 17.8 Å². The van der Waals surface area contributed by atoms with Crippen molar-refractivity contribution in [1.82, 2.24) is 5.32 Å². The molecule has 0 aliphatic carbocycles. The van der Waals surface area contributed by atoms with Crippen LogP contribution in [-0.2, 0) is 0 Å². The number of aliphatic hydroxyl groups excluding tert-OH is 1. The fourth-order valence-electron chi connectivity index (χ4n) is 1.42. The van der Waals surface area contributed by atoms with Crippen molar-refractivity contribution in [1.29, 1.82) is 0 Å². The van der Waals surface area contributed by atoms with Crippen LogP contribution in [0.25, 0.3) is 0 Å². The highest BCUT2D eigenvalue weighted by Crippen LogP contribution is 2.21. The minimum atomic E-state index is -0.241. The minimum absolute atomic E-state index is 0.0388. The van der Waals surface area contributed by atoms with Crippen LogP contribution < -0.4 is 5.32 Å². The monoisotopic (exact) mass is 275 g/mol. The molecule has 0 aromatic heterocycles. The lowest BCUT2D eigenvalue weighted by molar-refractivity contribution is 0.242. The standard InChI is InChI=1S/C11H15BrFNO/c1-7(6-15)14-8(2)10-4-3-9(12)5-11(10)13/h3-5,7-8,14-15H,6H2,1-2H3/t7-,8+/m0/s1. The molecule has 0 amide bonds. The molecule has 0 radical (unpaired) electrons. The highest BCUT2D eigenvalue weighted by molar-refractivity contribution is 9.10. The first-order valence-electron chi connectivity index (χ1n) is 4.86. The third-order valence-corrected chi connectivity index (χ3v) is 2.73. The molecule has 2 nitrogen and oxygen atoms in total. The van der Waals surface area contributed by atoms with E-state index in [-0.39, 0.29) is 24.5 Å². The number of aliphatic hydroxyl groups is 1. The molecule has 84 valence electrons. The molecule has 0 heterocycles. The van der Waals surface area contributed by atoms with E-state index in [0.29, 0.717) is 5.56 Å². The second-order valence-corrected chi connectivity index (χ2v) is 4.55.